The van der Waals surface area contributed by atoms with Crippen LogP contribution in [-0.2, 0) is 0 Å². The van der Waals surface area contributed by atoms with Crippen molar-refractivity contribution in [3.05, 3.63) is 0 Å². The Labute approximate surface area is 96.0 Å². The van der Waals surface area contributed by atoms with Crippen molar-refractivity contribution in [3.63, 3.8) is 0 Å². The molecular weight excluding hydrogens is 182 g/mol. The minimum absolute atomic E-state index is 0.545. The van der Waals surface area contributed by atoms with E-state index in [-0.39, 0.29) is 0 Å². The molecule has 1 aliphatic heterocycles. The fraction of sp³-hybridized carbons (Fsp3) is 1.00. The molecule has 0 amide bonds. The largest absolute Gasteiger partial charge is 0.311 e. The van der Waals surface area contributed by atoms with Gasteiger partial charge in [-0.3, -0.25) is 0 Å². The minimum Gasteiger partial charge on any atom is -0.311 e. The molecule has 0 aromatic carbocycles. The van der Waals surface area contributed by atoms with E-state index in [0.29, 0.717) is 5.54 Å². The third-order valence-electron chi connectivity index (χ3n) is 3.85. The summed E-state index contributed by atoms with van der Waals surface area (Å²) in [5.74, 6) is 0. The molecule has 1 nitrogen and oxygen atoms in total. The van der Waals surface area contributed by atoms with Crippen LogP contribution in [0.1, 0.15) is 78.1 Å². The van der Waals surface area contributed by atoms with Crippen LogP contribution in [0.3, 0.4) is 0 Å². The van der Waals surface area contributed by atoms with Gasteiger partial charge in [0.25, 0.3) is 0 Å². The van der Waals surface area contributed by atoms with Crippen molar-refractivity contribution in [1.82, 2.24) is 5.32 Å². The van der Waals surface area contributed by atoms with Crippen LogP contribution in [0.5, 0.6) is 0 Å². The highest BCUT2D eigenvalue weighted by Gasteiger charge is 2.31. The second kappa shape index (κ2) is 7.27. The van der Waals surface area contributed by atoms with Gasteiger partial charge >= 0.3 is 0 Å². The molecule has 1 unspecified atom stereocenters. The lowest BCUT2D eigenvalue weighted by molar-refractivity contribution is 0.302. The van der Waals surface area contributed by atoms with Gasteiger partial charge in [-0.25, -0.2) is 0 Å². The second-order valence-corrected chi connectivity index (χ2v) is 5.22. The van der Waals surface area contributed by atoms with Crippen LogP contribution >= 0.6 is 0 Å². The van der Waals surface area contributed by atoms with Crippen molar-refractivity contribution >= 4 is 0 Å². The van der Waals surface area contributed by atoms with E-state index in [1.807, 2.05) is 0 Å². The fourth-order valence-electron chi connectivity index (χ4n) is 2.83. The quantitative estimate of drug-likeness (QED) is 0.591. The fourth-order valence-corrected chi connectivity index (χ4v) is 2.83. The minimum atomic E-state index is 0.545. The Kier molecular flexibility index (Phi) is 6.31. The van der Waals surface area contributed by atoms with Crippen LogP contribution in [0, 0.1) is 0 Å². The van der Waals surface area contributed by atoms with Crippen LogP contribution in [-0.4, -0.2) is 12.1 Å². The number of hydrogen-bond acceptors (Lipinski definition) is 1. The first kappa shape index (κ1) is 13.0. The number of rotatable bonds is 8. The van der Waals surface area contributed by atoms with Gasteiger partial charge < -0.3 is 5.32 Å². The van der Waals surface area contributed by atoms with Gasteiger partial charge in [0.1, 0.15) is 0 Å². The Hall–Kier alpha value is -0.0400. The van der Waals surface area contributed by atoms with Crippen LogP contribution in [0.2, 0.25) is 0 Å². The van der Waals surface area contributed by atoms with Crippen LogP contribution in [0.4, 0.5) is 0 Å². The number of unbranched alkanes of at least 4 members (excludes halogenated alkanes) is 4. The monoisotopic (exact) mass is 211 g/mol. The predicted molar refractivity (Wildman–Crippen MR) is 68.3 cm³/mol. The Balaban J connectivity index is 2.23. The lowest BCUT2D eigenvalue weighted by Gasteiger charge is -2.29. The van der Waals surface area contributed by atoms with E-state index in [1.165, 1.54) is 70.8 Å². The third-order valence-corrected chi connectivity index (χ3v) is 3.85. The molecule has 1 aliphatic rings. The summed E-state index contributed by atoms with van der Waals surface area (Å²) in [6.07, 6.45) is 14.1. The van der Waals surface area contributed by atoms with Crippen molar-refractivity contribution < 1.29 is 0 Å². The van der Waals surface area contributed by atoms with Crippen molar-refractivity contribution in [3.8, 4) is 0 Å². The van der Waals surface area contributed by atoms with E-state index in [0.717, 1.165) is 0 Å². The number of hydrogen-bond donors (Lipinski definition) is 1. The zero-order valence-electron chi connectivity index (χ0n) is 10.8. The Bertz CT molecular complexity index is 147. The van der Waals surface area contributed by atoms with Crippen LogP contribution in [0.15, 0.2) is 0 Å². The van der Waals surface area contributed by atoms with Gasteiger partial charge in [-0.2, -0.15) is 0 Å². The van der Waals surface area contributed by atoms with E-state index in [4.69, 9.17) is 0 Å². The SMILES string of the molecule is CCCCCCC1(CCCC)CCCN1. The van der Waals surface area contributed by atoms with Crippen molar-refractivity contribution in [2.45, 2.75) is 83.6 Å². The zero-order chi connectivity index (χ0) is 11.0. The summed E-state index contributed by atoms with van der Waals surface area (Å²) in [5.41, 5.74) is 0.545. The predicted octanol–water partition coefficient (Wildman–Crippen LogP) is 4.27. The topological polar surface area (TPSA) is 12.0 Å². The molecule has 0 spiro atoms. The molecule has 1 rings (SSSR count). The molecule has 0 aromatic rings. The Morgan fingerprint density at radius 2 is 1.67 bits per heavy atom. The van der Waals surface area contributed by atoms with E-state index in [2.05, 4.69) is 19.2 Å². The van der Waals surface area contributed by atoms with Gasteiger partial charge in [0.15, 0.2) is 0 Å². The Morgan fingerprint density at radius 3 is 2.27 bits per heavy atom. The molecule has 1 N–H and O–H groups in total. The normalized spacial score (nSPS) is 26.0. The highest BCUT2D eigenvalue weighted by Crippen LogP contribution is 2.30. The molecule has 0 saturated carbocycles. The first-order valence-electron chi connectivity index (χ1n) is 7.08. The first-order chi connectivity index (χ1) is 7.33. The molecule has 1 saturated heterocycles. The van der Waals surface area contributed by atoms with E-state index >= 15 is 0 Å². The standard InChI is InChI=1S/C14H29N/c1-3-5-7-8-11-14(10-6-4-2)12-9-13-15-14/h15H,3-13H2,1-2H3. The molecule has 1 atom stereocenters. The Morgan fingerprint density at radius 1 is 0.933 bits per heavy atom. The van der Waals surface area contributed by atoms with Crippen molar-refractivity contribution in [1.29, 1.82) is 0 Å². The van der Waals surface area contributed by atoms with Gasteiger partial charge in [0, 0.05) is 5.54 Å². The molecule has 1 heteroatoms. The first-order valence-corrected chi connectivity index (χ1v) is 7.08. The van der Waals surface area contributed by atoms with Gasteiger partial charge in [-0.1, -0.05) is 52.4 Å². The highest BCUT2D eigenvalue weighted by molar-refractivity contribution is 4.92. The van der Waals surface area contributed by atoms with Gasteiger partial charge in [-0.15, -0.1) is 0 Å². The maximum Gasteiger partial charge on any atom is 0.0182 e. The average molecular weight is 211 g/mol. The highest BCUT2D eigenvalue weighted by atomic mass is 15.0. The van der Waals surface area contributed by atoms with Crippen molar-refractivity contribution in [2.24, 2.45) is 0 Å². The molecule has 0 aliphatic carbocycles. The van der Waals surface area contributed by atoms with Crippen LogP contribution < -0.4 is 5.32 Å². The van der Waals surface area contributed by atoms with Gasteiger partial charge in [-0.05, 0) is 32.2 Å². The summed E-state index contributed by atoms with van der Waals surface area (Å²) in [4.78, 5) is 0. The number of nitrogens with one attached hydrogen (secondary N) is 1. The van der Waals surface area contributed by atoms with E-state index < -0.39 is 0 Å². The molecule has 0 aromatic heterocycles. The lowest BCUT2D eigenvalue weighted by atomic mass is 9.85. The summed E-state index contributed by atoms with van der Waals surface area (Å²) in [6, 6.07) is 0. The summed E-state index contributed by atoms with van der Waals surface area (Å²) in [5, 5.41) is 3.78. The summed E-state index contributed by atoms with van der Waals surface area (Å²) < 4.78 is 0. The van der Waals surface area contributed by atoms with Gasteiger partial charge in [0.05, 0.1) is 0 Å². The molecule has 0 radical (unpaired) electrons. The molecule has 15 heavy (non-hydrogen) atoms. The summed E-state index contributed by atoms with van der Waals surface area (Å²) in [6.45, 7) is 5.86. The smallest absolute Gasteiger partial charge is 0.0182 e. The molecular formula is C14H29N. The van der Waals surface area contributed by atoms with Crippen LogP contribution in [0.25, 0.3) is 0 Å². The summed E-state index contributed by atoms with van der Waals surface area (Å²) >= 11 is 0. The van der Waals surface area contributed by atoms with E-state index in [1.54, 1.807) is 0 Å². The van der Waals surface area contributed by atoms with Crippen molar-refractivity contribution in [2.75, 3.05) is 6.54 Å². The maximum atomic E-state index is 3.78. The average Bonchev–Trinajstić information content (AvgIpc) is 2.71. The summed E-state index contributed by atoms with van der Waals surface area (Å²) in [7, 11) is 0. The molecule has 1 fully saturated rings. The molecule has 0 bridgehead atoms. The zero-order valence-corrected chi connectivity index (χ0v) is 10.8. The molecule has 1 heterocycles. The van der Waals surface area contributed by atoms with E-state index in [9.17, 15) is 0 Å². The lowest BCUT2D eigenvalue weighted by Crippen LogP contribution is -2.39. The second-order valence-electron chi connectivity index (χ2n) is 5.22. The molecule has 90 valence electrons. The third kappa shape index (κ3) is 4.55. The maximum absolute atomic E-state index is 3.78. The van der Waals surface area contributed by atoms with Gasteiger partial charge in [0.2, 0.25) is 0 Å².